The van der Waals surface area contributed by atoms with Crippen LogP contribution >= 0.6 is 0 Å². The topological polar surface area (TPSA) is 94.5 Å². The van der Waals surface area contributed by atoms with Crippen LogP contribution in [0, 0.1) is 0 Å². The molecule has 20 heavy (non-hydrogen) atoms. The number of unbranched alkanes of at least 4 members (excludes halogenated alkanes) is 1. The highest BCUT2D eigenvalue weighted by atomic mass is 16.7. The highest BCUT2D eigenvalue weighted by Gasteiger charge is 2.15. The third-order valence-electron chi connectivity index (χ3n) is 2.11. The average molecular weight is 292 g/mol. The molecule has 0 spiro atoms. The standard InChI is InChI=1S/C13H24O7/c1-3-4-6-19-11(2)13(16)20-12(15)10-18-9-8-17-7-5-14/h12,14-15H,2-10H2,1H3. The zero-order chi connectivity index (χ0) is 15.2. The largest absolute Gasteiger partial charge is 0.487 e. The van der Waals surface area contributed by atoms with Crippen molar-refractivity contribution in [1.29, 1.82) is 0 Å². The Morgan fingerprint density at radius 1 is 1.20 bits per heavy atom. The van der Waals surface area contributed by atoms with E-state index in [2.05, 4.69) is 11.3 Å². The smallest absolute Gasteiger partial charge is 0.375 e. The average Bonchev–Trinajstić information content (AvgIpc) is 2.42. The van der Waals surface area contributed by atoms with Gasteiger partial charge in [-0.3, -0.25) is 0 Å². The zero-order valence-corrected chi connectivity index (χ0v) is 11.9. The summed E-state index contributed by atoms with van der Waals surface area (Å²) in [5, 5.41) is 17.9. The lowest BCUT2D eigenvalue weighted by molar-refractivity contribution is -0.176. The highest BCUT2D eigenvalue weighted by molar-refractivity contribution is 5.85. The molecule has 2 N–H and O–H groups in total. The van der Waals surface area contributed by atoms with Crippen molar-refractivity contribution < 1.29 is 34.0 Å². The summed E-state index contributed by atoms with van der Waals surface area (Å²) < 4.78 is 19.7. The lowest BCUT2D eigenvalue weighted by Gasteiger charge is -2.14. The summed E-state index contributed by atoms with van der Waals surface area (Å²) in [4.78, 5) is 11.4. The molecule has 1 atom stereocenters. The fourth-order valence-electron chi connectivity index (χ4n) is 1.09. The van der Waals surface area contributed by atoms with Crippen LogP contribution in [0.4, 0.5) is 0 Å². The van der Waals surface area contributed by atoms with E-state index in [1.54, 1.807) is 0 Å². The van der Waals surface area contributed by atoms with Crippen molar-refractivity contribution in [3.05, 3.63) is 12.3 Å². The van der Waals surface area contributed by atoms with Crippen molar-refractivity contribution in [3.8, 4) is 0 Å². The number of ether oxygens (including phenoxy) is 4. The molecule has 1 unspecified atom stereocenters. The van der Waals surface area contributed by atoms with E-state index in [0.29, 0.717) is 6.61 Å². The summed E-state index contributed by atoms with van der Waals surface area (Å²) in [5.74, 6) is -0.947. The number of carbonyl (C=O) groups is 1. The number of rotatable bonds is 13. The molecule has 0 aromatic rings. The molecule has 0 radical (unpaired) electrons. The van der Waals surface area contributed by atoms with E-state index in [9.17, 15) is 9.90 Å². The fourth-order valence-corrected chi connectivity index (χ4v) is 1.09. The van der Waals surface area contributed by atoms with E-state index >= 15 is 0 Å². The number of aliphatic hydroxyl groups is 2. The van der Waals surface area contributed by atoms with E-state index < -0.39 is 12.3 Å². The molecule has 0 amide bonds. The molecule has 0 aliphatic rings. The Morgan fingerprint density at radius 3 is 2.55 bits per heavy atom. The summed E-state index contributed by atoms with van der Waals surface area (Å²) in [6.07, 6.45) is 0.370. The van der Waals surface area contributed by atoms with Gasteiger partial charge in [-0.2, -0.15) is 0 Å². The minimum Gasteiger partial charge on any atom is -0.487 e. The van der Waals surface area contributed by atoms with Crippen LogP contribution < -0.4 is 0 Å². The molecule has 0 aromatic heterocycles. The molecule has 7 heteroatoms. The molecule has 118 valence electrons. The van der Waals surface area contributed by atoms with Gasteiger partial charge in [-0.05, 0) is 13.0 Å². The summed E-state index contributed by atoms with van der Waals surface area (Å²) in [6.45, 7) is 6.32. The highest BCUT2D eigenvalue weighted by Crippen LogP contribution is 2.02. The maximum atomic E-state index is 11.4. The van der Waals surface area contributed by atoms with Gasteiger partial charge >= 0.3 is 5.97 Å². The molecule has 0 aliphatic heterocycles. The second kappa shape index (κ2) is 12.9. The minimum atomic E-state index is -1.38. The van der Waals surface area contributed by atoms with Gasteiger partial charge in [0.15, 0.2) is 5.76 Å². The first kappa shape index (κ1) is 18.9. The molecule has 0 rings (SSSR count). The van der Waals surface area contributed by atoms with Gasteiger partial charge in [0.05, 0.1) is 33.0 Å². The zero-order valence-electron chi connectivity index (χ0n) is 11.9. The number of carbonyl (C=O) groups excluding carboxylic acids is 1. The molecule has 0 saturated carbocycles. The van der Waals surface area contributed by atoms with E-state index in [0.717, 1.165) is 12.8 Å². The molecular weight excluding hydrogens is 268 g/mol. The van der Waals surface area contributed by atoms with Crippen LogP contribution in [0.1, 0.15) is 19.8 Å². The number of hydrogen-bond donors (Lipinski definition) is 2. The third-order valence-corrected chi connectivity index (χ3v) is 2.11. The molecule has 7 nitrogen and oxygen atoms in total. The van der Waals surface area contributed by atoms with Gasteiger partial charge in [0.1, 0.15) is 6.61 Å². The predicted molar refractivity (Wildman–Crippen MR) is 70.8 cm³/mol. The molecule has 0 fully saturated rings. The number of esters is 1. The molecule has 0 bridgehead atoms. The summed E-state index contributed by atoms with van der Waals surface area (Å²) in [7, 11) is 0. The van der Waals surface area contributed by atoms with E-state index in [-0.39, 0.29) is 38.8 Å². The van der Waals surface area contributed by atoms with Gasteiger partial charge in [-0.1, -0.05) is 13.3 Å². The van der Waals surface area contributed by atoms with Gasteiger partial charge < -0.3 is 29.2 Å². The van der Waals surface area contributed by atoms with Crippen LogP contribution in [0.3, 0.4) is 0 Å². The minimum absolute atomic E-state index is 0.0552. The first-order chi connectivity index (χ1) is 9.61. The fraction of sp³-hybridized carbons (Fsp3) is 0.769. The molecular formula is C13H24O7. The second-order valence-corrected chi connectivity index (χ2v) is 3.90. The maximum Gasteiger partial charge on any atom is 0.375 e. The monoisotopic (exact) mass is 292 g/mol. The SMILES string of the molecule is C=C(OCCCC)C(=O)OC(O)COCCOCCO. The number of hydrogen-bond acceptors (Lipinski definition) is 7. The summed E-state index contributed by atoms with van der Waals surface area (Å²) >= 11 is 0. The normalized spacial score (nSPS) is 11.9. The Kier molecular flexibility index (Phi) is 12.1. The van der Waals surface area contributed by atoms with E-state index in [1.165, 1.54) is 0 Å². The Balaban J connectivity index is 3.60. The molecule has 0 heterocycles. The number of aliphatic hydroxyl groups excluding tert-OH is 2. The third kappa shape index (κ3) is 10.7. The van der Waals surface area contributed by atoms with E-state index in [4.69, 9.17) is 19.3 Å². The van der Waals surface area contributed by atoms with Gasteiger partial charge in [-0.25, -0.2) is 4.79 Å². The van der Waals surface area contributed by atoms with Crippen LogP contribution in [0.15, 0.2) is 12.3 Å². The first-order valence-electron chi connectivity index (χ1n) is 6.58. The van der Waals surface area contributed by atoms with Crippen LogP contribution in [0.5, 0.6) is 0 Å². The van der Waals surface area contributed by atoms with Gasteiger partial charge in [-0.15, -0.1) is 0 Å². The summed E-state index contributed by atoms with van der Waals surface area (Å²) in [5.41, 5.74) is 0. The molecule has 0 aliphatic carbocycles. The lowest BCUT2D eigenvalue weighted by Crippen LogP contribution is -2.25. The van der Waals surface area contributed by atoms with Gasteiger partial charge in [0.25, 0.3) is 0 Å². The quantitative estimate of drug-likeness (QED) is 0.165. The lowest BCUT2D eigenvalue weighted by atomic mass is 10.4. The maximum absolute atomic E-state index is 11.4. The van der Waals surface area contributed by atoms with Crippen molar-refractivity contribution >= 4 is 5.97 Å². The van der Waals surface area contributed by atoms with Crippen LogP contribution in [-0.4, -0.2) is 62.1 Å². The Labute approximate surface area is 119 Å². The summed E-state index contributed by atoms with van der Waals surface area (Å²) in [6, 6.07) is 0. The van der Waals surface area contributed by atoms with E-state index in [1.807, 2.05) is 6.92 Å². The van der Waals surface area contributed by atoms with Crippen molar-refractivity contribution in [2.24, 2.45) is 0 Å². The van der Waals surface area contributed by atoms with Crippen LogP contribution in [-0.2, 0) is 23.7 Å². The second-order valence-electron chi connectivity index (χ2n) is 3.90. The first-order valence-corrected chi connectivity index (χ1v) is 6.58. The Bertz CT molecular complexity index is 267. The predicted octanol–water partition coefficient (Wildman–Crippen LogP) is 0.204. The van der Waals surface area contributed by atoms with Crippen molar-refractivity contribution in [1.82, 2.24) is 0 Å². The van der Waals surface area contributed by atoms with Crippen molar-refractivity contribution in [3.63, 3.8) is 0 Å². The van der Waals surface area contributed by atoms with Crippen molar-refractivity contribution in [2.75, 3.05) is 39.6 Å². The van der Waals surface area contributed by atoms with Gasteiger partial charge in [0, 0.05) is 0 Å². The molecule has 0 saturated heterocycles. The van der Waals surface area contributed by atoms with Gasteiger partial charge in [0.2, 0.25) is 6.29 Å². The Morgan fingerprint density at radius 2 is 1.90 bits per heavy atom. The Hall–Kier alpha value is -1.15. The van der Waals surface area contributed by atoms with Crippen LogP contribution in [0.2, 0.25) is 0 Å². The van der Waals surface area contributed by atoms with Crippen LogP contribution in [0.25, 0.3) is 0 Å². The van der Waals surface area contributed by atoms with Crippen molar-refractivity contribution in [2.45, 2.75) is 26.1 Å². The molecule has 0 aromatic carbocycles.